The zero-order chi connectivity index (χ0) is 21.0. The van der Waals surface area contributed by atoms with E-state index in [0.29, 0.717) is 12.4 Å². The lowest BCUT2D eigenvalue weighted by Gasteiger charge is -2.10. The predicted octanol–water partition coefficient (Wildman–Crippen LogP) is 5.32. The van der Waals surface area contributed by atoms with Crippen LogP contribution in [0.5, 0.6) is 23.0 Å². The van der Waals surface area contributed by atoms with Crippen molar-refractivity contribution in [2.24, 2.45) is 0 Å². The molecule has 0 atom stereocenters. The van der Waals surface area contributed by atoms with Gasteiger partial charge in [0.05, 0.1) is 20.8 Å². The molecule has 2 rings (SSSR count). The standard InChI is InChI=1S/C10H13IO2.C8H9IO2.C2H6O/c1-4-13-10-6-8(11)7(2)5-9(10)12-3;1-5-3-8(11-2)7(10)4-6(5)9;1-2-3/h5-6H,4H2,1-3H3;3-4,10H,1-2H3;3H,2H2,1H3. The predicted molar refractivity (Wildman–Crippen MR) is 126 cm³/mol. The molecular weight excluding hydrogens is 574 g/mol. The maximum absolute atomic E-state index is 9.29. The molecule has 2 aromatic carbocycles. The second-order valence-electron chi connectivity index (χ2n) is 5.27. The monoisotopic (exact) mass is 602 g/mol. The number of halogens is 2. The Balaban J connectivity index is 0.000000442. The molecule has 7 heteroatoms. The Morgan fingerprint density at radius 2 is 1.26 bits per heavy atom. The molecule has 152 valence electrons. The highest BCUT2D eigenvalue weighted by Gasteiger charge is 2.06. The normalized spacial score (nSPS) is 9.37. The van der Waals surface area contributed by atoms with Crippen LogP contribution in [0.15, 0.2) is 24.3 Å². The van der Waals surface area contributed by atoms with Crippen molar-refractivity contribution in [3.05, 3.63) is 42.5 Å². The number of aliphatic hydroxyl groups excluding tert-OH is 1. The van der Waals surface area contributed by atoms with Crippen LogP contribution < -0.4 is 14.2 Å². The van der Waals surface area contributed by atoms with Gasteiger partial charge in [0, 0.05) is 13.7 Å². The van der Waals surface area contributed by atoms with E-state index in [4.69, 9.17) is 19.3 Å². The van der Waals surface area contributed by atoms with Crippen LogP contribution in [0.25, 0.3) is 0 Å². The molecule has 0 aromatic heterocycles. The highest BCUT2D eigenvalue weighted by molar-refractivity contribution is 14.1. The van der Waals surface area contributed by atoms with E-state index in [1.165, 1.54) is 9.13 Å². The Bertz CT molecular complexity index is 705. The van der Waals surface area contributed by atoms with Crippen LogP contribution in [-0.4, -0.2) is 37.6 Å². The summed E-state index contributed by atoms with van der Waals surface area (Å²) in [6, 6.07) is 7.50. The third-order valence-electron chi connectivity index (χ3n) is 3.20. The van der Waals surface area contributed by atoms with Gasteiger partial charge in [0.2, 0.25) is 0 Å². The Kier molecular flexibility index (Phi) is 13.6. The van der Waals surface area contributed by atoms with Crippen LogP contribution >= 0.6 is 45.2 Å². The van der Waals surface area contributed by atoms with Crippen molar-refractivity contribution in [3.63, 3.8) is 0 Å². The smallest absolute Gasteiger partial charge is 0.162 e. The summed E-state index contributed by atoms with van der Waals surface area (Å²) < 4.78 is 17.8. The van der Waals surface area contributed by atoms with E-state index in [1.807, 2.05) is 32.0 Å². The zero-order valence-corrected chi connectivity index (χ0v) is 20.9. The Morgan fingerprint density at radius 3 is 1.70 bits per heavy atom. The van der Waals surface area contributed by atoms with Crippen LogP contribution in [0.2, 0.25) is 0 Å². The number of benzene rings is 2. The first-order valence-electron chi connectivity index (χ1n) is 8.36. The molecular formula is C20H28I2O5. The maximum atomic E-state index is 9.29. The molecule has 0 aliphatic rings. The topological polar surface area (TPSA) is 68.2 Å². The fourth-order valence-corrected chi connectivity index (χ4v) is 2.76. The van der Waals surface area contributed by atoms with Crippen molar-refractivity contribution in [3.8, 4) is 23.0 Å². The molecule has 0 radical (unpaired) electrons. The molecule has 5 nitrogen and oxygen atoms in total. The average molecular weight is 602 g/mol. The first-order valence-corrected chi connectivity index (χ1v) is 10.5. The largest absolute Gasteiger partial charge is 0.504 e. The number of phenols is 1. The van der Waals surface area contributed by atoms with Gasteiger partial charge >= 0.3 is 0 Å². The number of rotatable bonds is 4. The molecule has 0 aliphatic carbocycles. The number of ether oxygens (including phenoxy) is 3. The first kappa shape index (κ1) is 26.1. The molecule has 27 heavy (non-hydrogen) atoms. The van der Waals surface area contributed by atoms with E-state index in [1.54, 1.807) is 27.2 Å². The minimum atomic E-state index is 0.197. The summed E-state index contributed by atoms with van der Waals surface area (Å²) in [5.74, 6) is 2.35. The summed E-state index contributed by atoms with van der Waals surface area (Å²) in [5, 5.41) is 16.9. The van der Waals surface area contributed by atoms with E-state index in [9.17, 15) is 5.11 Å². The van der Waals surface area contributed by atoms with E-state index in [0.717, 1.165) is 20.6 Å². The van der Waals surface area contributed by atoms with Gasteiger partial charge < -0.3 is 24.4 Å². The number of aliphatic hydroxyl groups is 1. The lowest BCUT2D eigenvalue weighted by Crippen LogP contribution is -1.96. The Labute approximate surface area is 189 Å². The molecule has 0 saturated heterocycles. The minimum absolute atomic E-state index is 0.197. The van der Waals surface area contributed by atoms with Crippen molar-refractivity contribution in [1.29, 1.82) is 0 Å². The fraction of sp³-hybridized carbons (Fsp3) is 0.400. The van der Waals surface area contributed by atoms with Crippen LogP contribution in [0.4, 0.5) is 0 Å². The number of hydrogen-bond donors (Lipinski definition) is 2. The second kappa shape index (κ2) is 14.1. The summed E-state index contributed by atoms with van der Waals surface area (Å²) in [7, 11) is 3.20. The SMILES string of the molecule is CCO.CCOc1cc(I)c(C)cc1OC.COc1cc(C)c(I)cc1O. The third kappa shape index (κ3) is 9.20. The van der Waals surface area contributed by atoms with Gasteiger partial charge in [-0.3, -0.25) is 0 Å². The molecule has 0 fully saturated rings. The molecule has 0 heterocycles. The van der Waals surface area contributed by atoms with Gasteiger partial charge in [0.1, 0.15) is 0 Å². The van der Waals surface area contributed by atoms with Crippen molar-refractivity contribution in [1.82, 2.24) is 0 Å². The Morgan fingerprint density at radius 1 is 0.815 bits per heavy atom. The molecule has 0 spiro atoms. The summed E-state index contributed by atoms with van der Waals surface area (Å²) in [4.78, 5) is 0. The molecule has 0 saturated carbocycles. The lowest BCUT2D eigenvalue weighted by atomic mass is 10.2. The molecule has 2 N–H and O–H groups in total. The first-order chi connectivity index (χ1) is 12.7. The quantitative estimate of drug-likeness (QED) is 0.465. The van der Waals surface area contributed by atoms with Gasteiger partial charge in [-0.15, -0.1) is 0 Å². The fourth-order valence-electron chi connectivity index (χ4n) is 1.87. The molecule has 2 aromatic rings. The lowest BCUT2D eigenvalue weighted by molar-refractivity contribution is 0.310. The number of phenolic OH excluding ortho intramolecular Hbond substituents is 1. The minimum Gasteiger partial charge on any atom is -0.504 e. The number of hydrogen-bond acceptors (Lipinski definition) is 5. The summed E-state index contributed by atoms with van der Waals surface area (Å²) in [5.41, 5.74) is 2.32. The van der Waals surface area contributed by atoms with Crippen LogP contribution in [0.3, 0.4) is 0 Å². The zero-order valence-electron chi connectivity index (χ0n) is 16.6. The van der Waals surface area contributed by atoms with Crippen LogP contribution in [-0.2, 0) is 0 Å². The highest BCUT2D eigenvalue weighted by Crippen LogP contribution is 2.31. The van der Waals surface area contributed by atoms with Crippen molar-refractivity contribution in [2.75, 3.05) is 27.4 Å². The second-order valence-corrected chi connectivity index (χ2v) is 7.60. The van der Waals surface area contributed by atoms with Crippen molar-refractivity contribution < 1.29 is 24.4 Å². The van der Waals surface area contributed by atoms with Crippen molar-refractivity contribution >= 4 is 45.2 Å². The number of aromatic hydroxyl groups is 1. The third-order valence-corrected chi connectivity index (χ3v) is 5.53. The summed E-state index contributed by atoms with van der Waals surface area (Å²) in [6.45, 7) is 8.59. The van der Waals surface area contributed by atoms with E-state index in [2.05, 4.69) is 52.1 Å². The molecule has 0 amide bonds. The van der Waals surface area contributed by atoms with Gasteiger partial charge in [-0.2, -0.15) is 0 Å². The van der Waals surface area contributed by atoms with Gasteiger partial charge in [-0.05, 0) is 108 Å². The summed E-state index contributed by atoms with van der Waals surface area (Å²) >= 11 is 4.45. The van der Waals surface area contributed by atoms with E-state index in [-0.39, 0.29) is 12.4 Å². The van der Waals surface area contributed by atoms with Crippen LogP contribution in [0, 0.1) is 21.0 Å². The highest BCUT2D eigenvalue weighted by atomic mass is 127. The van der Waals surface area contributed by atoms with E-state index >= 15 is 0 Å². The van der Waals surface area contributed by atoms with Gasteiger partial charge in [0.25, 0.3) is 0 Å². The number of aryl methyl sites for hydroxylation is 2. The molecule has 0 bridgehead atoms. The number of methoxy groups -OCH3 is 2. The molecule has 0 unspecified atom stereocenters. The molecule has 0 aliphatic heterocycles. The maximum Gasteiger partial charge on any atom is 0.162 e. The van der Waals surface area contributed by atoms with Crippen molar-refractivity contribution in [2.45, 2.75) is 27.7 Å². The van der Waals surface area contributed by atoms with Gasteiger partial charge in [0.15, 0.2) is 23.0 Å². The van der Waals surface area contributed by atoms with Gasteiger partial charge in [-0.1, -0.05) is 0 Å². The van der Waals surface area contributed by atoms with Crippen LogP contribution in [0.1, 0.15) is 25.0 Å². The average Bonchev–Trinajstić information content (AvgIpc) is 2.62. The van der Waals surface area contributed by atoms with E-state index < -0.39 is 0 Å². The van der Waals surface area contributed by atoms with Gasteiger partial charge in [-0.25, -0.2) is 0 Å². The Hall–Kier alpha value is -0.940. The summed E-state index contributed by atoms with van der Waals surface area (Å²) in [6.07, 6.45) is 0.